The molecule has 1 aliphatic carbocycles. The van der Waals surface area contributed by atoms with Crippen LogP contribution < -0.4 is 10.6 Å². The highest BCUT2D eigenvalue weighted by Gasteiger charge is 2.30. The highest BCUT2D eigenvalue weighted by atomic mass is 16.2. The maximum absolute atomic E-state index is 13.2. The Morgan fingerprint density at radius 3 is 2.45 bits per heavy atom. The van der Waals surface area contributed by atoms with Gasteiger partial charge in [-0.2, -0.15) is 0 Å². The van der Waals surface area contributed by atoms with Crippen molar-refractivity contribution in [1.82, 2.24) is 25.2 Å². The Kier molecular flexibility index (Phi) is 7.37. The summed E-state index contributed by atoms with van der Waals surface area (Å²) >= 11 is 0. The molecule has 7 heteroatoms. The molecule has 0 bridgehead atoms. The predicted octanol–water partition coefficient (Wildman–Crippen LogP) is 3.54. The minimum atomic E-state index is -0.637. The lowest BCUT2D eigenvalue weighted by Crippen LogP contribution is -2.50. The number of rotatable bonds is 8. The van der Waals surface area contributed by atoms with Crippen LogP contribution in [0, 0.1) is 17.8 Å². The molecule has 4 rings (SSSR count). The number of nitrogens with one attached hydrogen (secondary N) is 2. The number of nitrogens with zero attached hydrogens (tertiary/aromatic N) is 3. The molecule has 0 saturated heterocycles. The zero-order chi connectivity index (χ0) is 23.2. The van der Waals surface area contributed by atoms with Crippen LogP contribution in [0.2, 0.25) is 0 Å². The molecule has 7 nitrogen and oxygen atoms in total. The summed E-state index contributed by atoms with van der Waals surface area (Å²) in [6.45, 7) is 4.75. The largest absolute Gasteiger partial charge is 0.347 e. The molecule has 1 unspecified atom stereocenters. The number of fused-ring (bicyclic) bond motifs is 1. The zero-order valence-corrected chi connectivity index (χ0v) is 19.4. The summed E-state index contributed by atoms with van der Waals surface area (Å²) in [6.07, 6.45) is 6.24. The van der Waals surface area contributed by atoms with E-state index in [-0.39, 0.29) is 24.3 Å². The van der Waals surface area contributed by atoms with Gasteiger partial charge in [0.1, 0.15) is 6.04 Å². The van der Waals surface area contributed by atoms with Gasteiger partial charge in [0.15, 0.2) is 11.5 Å². The lowest BCUT2D eigenvalue weighted by molar-refractivity contribution is -0.132. The Hall–Kier alpha value is -3.22. The Bertz CT molecular complexity index is 1070. The molecule has 3 aromatic rings. The minimum Gasteiger partial charge on any atom is -0.347 e. The van der Waals surface area contributed by atoms with Gasteiger partial charge in [-0.1, -0.05) is 50.2 Å². The number of aromatic nitrogens is 3. The molecule has 1 aromatic carbocycles. The first kappa shape index (κ1) is 23.0. The number of hydrogen-bond donors (Lipinski definition) is 2. The first-order valence-electron chi connectivity index (χ1n) is 11.9. The van der Waals surface area contributed by atoms with Crippen LogP contribution in [0.4, 0.5) is 0 Å². The molecule has 33 heavy (non-hydrogen) atoms. The summed E-state index contributed by atoms with van der Waals surface area (Å²) in [7, 11) is 0. The summed E-state index contributed by atoms with van der Waals surface area (Å²) in [4.78, 5) is 26.2. The smallest absolute Gasteiger partial charge is 0.243 e. The van der Waals surface area contributed by atoms with Crippen LogP contribution >= 0.6 is 0 Å². The van der Waals surface area contributed by atoms with E-state index in [1.807, 2.05) is 59.1 Å². The molecule has 1 fully saturated rings. The molecule has 2 N–H and O–H groups in total. The van der Waals surface area contributed by atoms with Gasteiger partial charge in [0.05, 0.1) is 6.54 Å². The van der Waals surface area contributed by atoms with Gasteiger partial charge in [-0.25, -0.2) is 0 Å². The fraction of sp³-hybridized carbons (Fsp3) is 0.462. The van der Waals surface area contributed by atoms with Gasteiger partial charge in [-0.15, -0.1) is 10.2 Å². The van der Waals surface area contributed by atoms with Gasteiger partial charge in [0, 0.05) is 18.5 Å². The van der Waals surface area contributed by atoms with Crippen molar-refractivity contribution in [3.8, 4) is 0 Å². The van der Waals surface area contributed by atoms with E-state index in [0.29, 0.717) is 24.1 Å². The van der Waals surface area contributed by atoms with E-state index in [1.165, 1.54) is 0 Å². The third-order valence-corrected chi connectivity index (χ3v) is 6.81. The van der Waals surface area contributed by atoms with Crippen molar-refractivity contribution in [2.75, 3.05) is 0 Å². The first-order chi connectivity index (χ1) is 16.0. The van der Waals surface area contributed by atoms with E-state index in [1.54, 1.807) is 0 Å². The van der Waals surface area contributed by atoms with E-state index >= 15 is 0 Å². The molecule has 1 atom stereocenters. The quantitative estimate of drug-likeness (QED) is 0.553. The summed E-state index contributed by atoms with van der Waals surface area (Å²) in [5, 5.41) is 14.3. The summed E-state index contributed by atoms with van der Waals surface area (Å²) < 4.78 is 1.85. The normalized spacial score (nSPS) is 19.4. The standard InChI is InChI=1S/C26H33N5O2/c1-18(2)20-11-13-21(14-12-20)25(32)28-22(16-19-8-4-3-5-9-19)26(33)27-17-24-30-29-23-10-6-7-15-31(23)24/h3-10,15,18,20-22H,11-14,16-17H2,1-2H3,(H,27,33)(H,28,32). The minimum absolute atomic E-state index is 0.0128. The number of carbonyl (C=O) groups is 2. The molecule has 1 aliphatic rings. The van der Waals surface area contributed by atoms with Crippen LogP contribution in [0.3, 0.4) is 0 Å². The number of carbonyl (C=O) groups excluding carboxylic acids is 2. The lowest BCUT2D eigenvalue weighted by Gasteiger charge is -2.31. The molecule has 0 radical (unpaired) electrons. The van der Waals surface area contributed by atoms with Crippen LogP contribution in [-0.2, 0) is 22.6 Å². The molecular formula is C26H33N5O2. The van der Waals surface area contributed by atoms with Gasteiger partial charge in [-0.3, -0.25) is 14.0 Å². The average molecular weight is 448 g/mol. The van der Waals surface area contributed by atoms with Gasteiger partial charge in [-0.05, 0) is 55.2 Å². The zero-order valence-electron chi connectivity index (χ0n) is 19.4. The second-order valence-electron chi connectivity index (χ2n) is 9.37. The van der Waals surface area contributed by atoms with Crippen LogP contribution in [0.15, 0.2) is 54.7 Å². The van der Waals surface area contributed by atoms with Gasteiger partial charge in [0.2, 0.25) is 11.8 Å². The molecule has 0 aliphatic heterocycles. The van der Waals surface area contributed by atoms with Crippen molar-refractivity contribution in [2.24, 2.45) is 17.8 Å². The predicted molar refractivity (Wildman–Crippen MR) is 127 cm³/mol. The van der Waals surface area contributed by atoms with Crippen molar-refractivity contribution < 1.29 is 9.59 Å². The summed E-state index contributed by atoms with van der Waals surface area (Å²) in [6, 6.07) is 14.8. The second kappa shape index (κ2) is 10.6. The molecule has 2 amide bonds. The highest BCUT2D eigenvalue weighted by Crippen LogP contribution is 2.33. The lowest BCUT2D eigenvalue weighted by atomic mass is 9.76. The van der Waals surface area contributed by atoms with Crippen LogP contribution in [0.1, 0.15) is 50.9 Å². The van der Waals surface area contributed by atoms with Crippen molar-refractivity contribution >= 4 is 17.5 Å². The van der Waals surface area contributed by atoms with E-state index in [9.17, 15) is 9.59 Å². The van der Waals surface area contributed by atoms with Crippen LogP contribution in [-0.4, -0.2) is 32.5 Å². The van der Waals surface area contributed by atoms with Crippen molar-refractivity contribution in [2.45, 2.75) is 58.5 Å². The fourth-order valence-corrected chi connectivity index (χ4v) is 4.70. The third kappa shape index (κ3) is 5.78. The topological polar surface area (TPSA) is 88.4 Å². The van der Waals surface area contributed by atoms with Gasteiger partial charge in [0.25, 0.3) is 0 Å². The molecule has 2 aromatic heterocycles. The summed E-state index contributed by atoms with van der Waals surface area (Å²) in [5.74, 6) is 1.74. The molecule has 0 spiro atoms. The summed E-state index contributed by atoms with van der Waals surface area (Å²) in [5.41, 5.74) is 1.74. The van der Waals surface area contributed by atoms with E-state index < -0.39 is 6.04 Å². The van der Waals surface area contributed by atoms with Crippen molar-refractivity contribution in [3.63, 3.8) is 0 Å². The molecule has 2 heterocycles. The van der Waals surface area contributed by atoms with Crippen LogP contribution in [0.5, 0.6) is 0 Å². The molecule has 1 saturated carbocycles. The number of benzene rings is 1. The number of hydrogen-bond acceptors (Lipinski definition) is 4. The number of pyridine rings is 1. The third-order valence-electron chi connectivity index (χ3n) is 6.81. The van der Waals surface area contributed by atoms with Crippen molar-refractivity contribution in [1.29, 1.82) is 0 Å². The van der Waals surface area contributed by atoms with Gasteiger partial charge >= 0.3 is 0 Å². The first-order valence-corrected chi connectivity index (χ1v) is 11.9. The number of amides is 2. The van der Waals surface area contributed by atoms with E-state index in [4.69, 9.17) is 0 Å². The Morgan fingerprint density at radius 1 is 1.00 bits per heavy atom. The maximum atomic E-state index is 13.2. The SMILES string of the molecule is CC(C)C1CCC(C(=O)NC(Cc2ccccc2)C(=O)NCc2nnc3ccccn23)CC1. The highest BCUT2D eigenvalue weighted by molar-refractivity contribution is 5.88. The van der Waals surface area contributed by atoms with E-state index in [0.717, 1.165) is 36.9 Å². The second-order valence-corrected chi connectivity index (χ2v) is 9.37. The van der Waals surface area contributed by atoms with E-state index in [2.05, 4.69) is 34.7 Å². The average Bonchev–Trinajstić information content (AvgIpc) is 3.26. The molecule has 174 valence electrons. The van der Waals surface area contributed by atoms with Crippen LogP contribution in [0.25, 0.3) is 5.65 Å². The fourth-order valence-electron chi connectivity index (χ4n) is 4.70. The Balaban J connectivity index is 1.41. The Labute approximate surface area is 195 Å². The maximum Gasteiger partial charge on any atom is 0.243 e. The molecular weight excluding hydrogens is 414 g/mol. The van der Waals surface area contributed by atoms with Gasteiger partial charge < -0.3 is 10.6 Å². The Morgan fingerprint density at radius 2 is 1.73 bits per heavy atom. The monoisotopic (exact) mass is 447 g/mol. The van der Waals surface area contributed by atoms with Crippen molar-refractivity contribution in [3.05, 3.63) is 66.1 Å².